The molecule has 0 spiro atoms. The van der Waals surface area contributed by atoms with Crippen molar-refractivity contribution in [1.29, 1.82) is 0 Å². The number of urea groups is 1. The summed E-state index contributed by atoms with van der Waals surface area (Å²) in [6, 6.07) is 14.1. The predicted octanol–water partition coefficient (Wildman–Crippen LogP) is 7.52. The van der Waals surface area contributed by atoms with E-state index in [-0.39, 0.29) is 174 Å². The lowest BCUT2D eigenvalue weighted by molar-refractivity contribution is -0.137. The van der Waals surface area contributed by atoms with E-state index >= 15 is 0 Å². The molecule has 7 N–H and O–H groups in total. The number of carbonyl (C=O) groups is 14. The summed E-state index contributed by atoms with van der Waals surface area (Å²) >= 11 is 1.38. The number of nitrogens with one attached hydrogen (secondary N) is 5. The minimum absolute atomic E-state index is 0.0113. The molecule has 4 aromatic rings. The number of likely N-dealkylation sites (N-methyl/N-ethyl adjacent to an activating group) is 1. The molecule has 3 unspecified atom stereocenters. The van der Waals surface area contributed by atoms with E-state index in [0.29, 0.717) is 143 Å². The number of primary amides is 1. The lowest BCUT2D eigenvalue weighted by atomic mass is 9.89. The summed E-state index contributed by atoms with van der Waals surface area (Å²) in [6.07, 6.45) is 11.9. The first kappa shape index (κ1) is 99.0. The molecule has 4 aliphatic heterocycles. The third-order valence-corrected chi connectivity index (χ3v) is 25.0. The third kappa shape index (κ3) is 29.4. The molecule has 6 aliphatic rings. The fourth-order valence-electron chi connectivity index (χ4n) is 16.8. The van der Waals surface area contributed by atoms with Gasteiger partial charge in [-0.2, -0.15) is 11.8 Å². The maximum Gasteiger partial charge on any atom is 0.410 e. The summed E-state index contributed by atoms with van der Waals surface area (Å²) in [6.45, 7) is 10.1. The van der Waals surface area contributed by atoms with Crippen LogP contribution in [-0.2, 0) is 101 Å². The highest BCUT2D eigenvalue weighted by atomic mass is 32.2. The van der Waals surface area contributed by atoms with E-state index in [1.807, 2.05) is 25.3 Å². The Morgan fingerprint density at radius 3 is 2.12 bits per heavy atom. The van der Waals surface area contributed by atoms with Gasteiger partial charge < -0.3 is 84.5 Å². The van der Waals surface area contributed by atoms with Crippen LogP contribution in [0.2, 0.25) is 0 Å². The number of carbonyl (C=O) groups excluding carboxylic acids is 14. The molecule has 692 valence electrons. The molecule has 0 radical (unpaired) electrons. The number of nitrogens with zero attached hydrogens (tertiary/aromatic N) is 7. The summed E-state index contributed by atoms with van der Waals surface area (Å²) < 4.78 is 45.6. The van der Waals surface area contributed by atoms with Crippen LogP contribution in [0, 0.1) is 23.7 Å². The fraction of sp³-hybridized carbons (Fsp3) is 0.604. The lowest BCUT2D eigenvalue weighted by Crippen LogP contribution is -2.55. The van der Waals surface area contributed by atoms with Crippen LogP contribution in [0.3, 0.4) is 0 Å². The van der Waals surface area contributed by atoms with Crippen molar-refractivity contribution in [2.24, 2.45) is 29.4 Å². The van der Waals surface area contributed by atoms with Crippen molar-refractivity contribution >= 4 is 117 Å². The topological polar surface area (TPSA) is 441 Å². The highest BCUT2D eigenvalue weighted by Crippen LogP contribution is 2.41. The molecule has 10 amide bonds. The first-order valence-electron chi connectivity index (χ1n) is 44.5. The van der Waals surface area contributed by atoms with Gasteiger partial charge in [0.05, 0.1) is 103 Å². The van der Waals surface area contributed by atoms with Crippen molar-refractivity contribution in [2.45, 2.75) is 192 Å². The number of benzene rings is 3. The second kappa shape index (κ2) is 50.5. The zero-order valence-corrected chi connectivity index (χ0v) is 74.7. The fourth-order valence-corrected chi connectivity index (χ4v) is 17.6. The van der Waals surface area contributed by atoms with Crippen LogP contribution in [0.1, 0.15) is 186 Å². The molecular formula is C91H125N13O22S. The number of hydrogen-bond donors (Lipinski definition) is 6. The molecule has 2 saturated heterocycles. The highest BCUT2D eigenvalue weighted by molar-refractivity contribution is 8.00. The summed E-state index contributed by atoms with van der Waals surface area (Å²) in [5.74, 6) is -3.24. The molecule has 6 atom stereocenters. The number of imide groups is 1. The van der Waals surface area contributed by atoms with Gasteiger partial charge in [0.15, 0.2) is 23.2 Å². The number of rotatable bonds is 54. The van der Waals surface area contributed by atoms with Crippen LogP contribution in [0.25, 0.3) is 0 Å². The Kier molecular flexibility index (Phi) is 39.4. The number of piperidine rings is 2. The Morgan fingerprint density at radius 2 is 1.46 bits per heavy atom. The van der Waals surface area contributed by atoms with Gasteiger partial charge in [0.1, 0.15) is 54.1 Å². The van der Waals surface area contributed by atoms with E-state index < -0.39 is 78.0 Å². The van der Waals surface area contributed by atoms with Crippen LogP contribution < -0.4 is 46.9 Å². The zero-order chi connectivity index (χ0) is 90.9. The number of fused-ring (bicyclic) bond motifs is 2. The van der Waals surface area contributed by atoms with Crippen LogP contribution in [0.15, 0.2) is 66.9 Å². The number of methoxy groups -OCH3 is 1. The lowest BCUT2D eigenvalue weighted by Gasteiger charge is -2.43. The molecule has 2 saturated carbocycles. The average molecular weight is 1790 g/mol. The minimum atomic E-state index is -0.941. The Hall–Kier alpha value is -10.2. The SMILES string of the molecule is CC[C@@H]1C(=O)N(C)c2cnc(Cc3ccc(C(=O)CC4CCN(CCOCCN(CC(=O)Nc5cccc6c5CN(C5CCC(=O)NC5=O)C6=O)C(=O)OCc5ccc(NC(=O)[C@H](CCCNC(N)=O)CC(=O)[C@@H](NC(=O)CCOCCOCCOCCOCCOCCCC(=O)CCC6C(=O)CC(SC)C6=O)C(C)C)cc5)CC4)cc3OC)nc2N1C1CCCC1. The van der Waals surface area contributed by atoms with Gasteiger partial charge in [0, 0.05) is 137 Å². The molecule has 0 bridgehead atoms. The Morgan fingerprint density at radius 1 is 0.764 bits per heavy atom. The quantitative estimate of drug-likeness (QED) is 0.0108. The van der Waals surface area contributed by atoms with Crippen LogP contribution >= 0.6 is 11.8 Å². The second-order valence-electron chi connectivity index (χ2n) is 33.3. The average Bonchev–Trinajstić information content (AvgIpc) is 1.51. The summed E-state index contributed by atoms with van der Waals surface area (Å²) in [7, 11) is 3.37. The number of ether oxygens (including phenoxy) is 8. The number of hydrogen-bond acceptors (Lipinski definition) is 27. The number of ketones is 5. The molecular weight excluding hydrogens is 1660 g/mol. The van der Waals surface area contributed by atoms with Gasteiger partial charge in [-0.05, 0) is 131 Å². The number of anilines is 4. The van der Waals surface area contributed by atoms with E-state index in [4.69, 9.17) is 53.6 Å². The van der Waals surface area contributed by atoms with Crippen molar-refractivity contribution in [2.75, 3.05) is 159 Å². The monoisotopic (exact) mass is 1780 g/mol. The maximum atomic E-state index is 14.2. The number of thioether (sulfide) groups is 1. The van der Waals surface area contributed by atoms with E-state index in [1.54, 1.807) is 87.6 Å². The van der Waals surface area contributed by atoms with Crippen molar-refractivity contribution in [3.05, 3.63) is 101 Å². The Labute approximate surface area is 745 Å². The van der Waals surface area contributed by atoms with Gasteiger partial charge in [0.25, 0.3) is 5.91 Å². The second-order valence-corrected chi connectivity index (χ2v) is 34.3. The Bertz CT molecular complexity index is 4470. The van der Waals surface area contributed by atoms with Gasteiger partial charge in [-0.25, -0.2) is 19.6 Å². The molecule has 36 heteroatoms. The normalized spacial score (nSPS) is 18.4. The standard InChI is InChI=1S/C91H125N13O22S/c1-7-71-89(116)100(4)73-54-94-79(97-85(73)104(71)65-14-8-9-15-65)52-62-22-21-61(51-77(62)119-5)74(106)49-59-29-33-101(34-30-59)35-39-122-40-36-102(56-82(111)96-70-18-10-17-67-69(70)55-103(88(67)115)72-27-28-80(109)99-87(72)114)91(118)126-57-60-19-23-64(24-20-60)95-86(113)63(13-11-32-93-90(92)117)50-76(108)83(58(2)3)98-81(110)31-38-121-42-44-124-46-48-125-47-45-123-43-41-120-37-12-16-66(105)25-26-68-75(107)53-78(127-6)84(68)112/h10,17-24,51,54,58-59,63,65,68,71-72,78,83H,7-9,11-16,25-50,52-53,55-57H2,1-6H3,(H,95,113)(H,96,111)(H,98,110)(H3,92,93,117)(H,99,109,114)/t63-,68?,71-,72?,78?,83+/m1/s1. The molecule has 10 rings (SSSR count). The molecule has 3 aromatic carbocycles. The van der Waals surface area contributed by atoms with E-state index in [1.165, 1.54) is 21.6 Å². The molecule has 1 aromatic heterocycles. The third-order valence-electron chi connectivity index (χ3n) is 24.0. The van der Waals surface area contributed by atoms with Gasteiger partial charge in [-0.3, -0.25) is 67.8 Å². The van der Waals surface area contributed by atoms with Crippen molar-refractivity contribution in [3.63, 3.8) is 0 Å². The number of amides is 10. The van der Waals surface area contributed by atoms with E-state index in [0.717, 1.165) is 63.0 Å². The molecule has 35 nitrogen and oxygen atoms in total. The molecule has 2 aliphatic carbocycles. The first-order valence-corrected chi connectivity index (χ1v) is 45.7. The maximum absolute atomic E-state index is 14.2. The summed E-state index contributed by atoms with van der Waals surface area (Å²) in [4.78, 5) is 202. The molecule has 5 heterocycles. The van der Waals surface area contributed by atoms with Gasteiger partial charge in [0.2, 0.25) is 35.4 Å². The first-order chi connectivity index (χ1) is 61.3. The van der Waals surface area contributed by atoms with Crippen LogP contribution in [0.5, 0.6) is 5.75 Å². The number of aromatic nitrogens is 2. The van der Waals surface area contributed by atoms with Crippen LogP contribution in [-0.4, -0.2) is 275 Å². The Balaban J connectivity index is 0.645. The molecule has 127 heavy (non-hydrogen) atoms. The predicted molar refractivity (Wildman–Crippen MR) is 471 cm³/mol. The highest BCUT2D eigenvalue weighted by Gasteiger charge is 2.44. The van der Waals surface area contributed by atoms with Crippen LogP contribution in [0.4, 0.5) is 32.5 Å². The summed E-state index contributed by atoms with van der Waals surface area (Å²) in [5.41, 5.74) is 9.31. The largest absolute Gasteiger partial charge is 0.496 e. The smallest absolute Gasteiger partial charge is 0.410 e. The van der Waals surface area contributed by atoms with Crippen molar-refractivity contribution in [3.8, 4) is 5.75 Å². The van der Waals surface area contributed by atoms with Crippen molar-refractivity contribution in [1.82, 2.24) is 40.6 Å². The van der Waals surface area contributed by atoms with E-state index in [2.05, 4.69) is 36.4 Å². The van der Waals surface area contributed by atoms with Gasteiger partial charge in [-0.1, -0.05) is 63.9 Å². The zero-order valence-electron chi connectivity index (χ0n) is 73.9. The van der Waals surface area contributed by atoms with E-state index in [9.17, 15) is 67.1 Å². The summed E-state index contributed by atoms with van der Waals surface area (Å²) in [5, 5.41) is 13.1. The number of likely N-dealkylation sites (tertiary alicyclic amines) is 1. The van der Waals surface area contributed by atoms with Gasteiger partial charge in [-0.15, -0.1) is 0 Å². The van der Waals surface area contributed by atoms with Crippen molar-refractivity contribution < 1.29 is 105 Å². The number of Topliss-reactive ketones (excluding diaryl/α,β-unsaturated/α-hetero) is 5. The number of nitrogens with two attached hydrogens (primary N) is 1. The minimum Gasteiger partial charge on any atom is -0.496 e. The van der Waals surface area contributed by atoms with Gasteiger partial charge >= 0.3 is 12.1 Å². The molecule has 4 fully saturated rings.